The highest BCUT2D eigenvalue weighted by atomic mass is 16.6. The van der Waals surface area contributed by atoms with E-state index in [-0.39, 0.29) is 13.1 Å². The van der Waals surface area contributed by atoms with Gasteiger partial charge >= 0.3 is 5.54 Å². The van der Waals surface area contributed by atoms with E-state index in [0.717, 1.165) is 12.2 Å². The maximum Gasteiger partial charge on any atom is 0.340 e. The zero-order valence-electron chi connectivity index (χ0n) is 14.8. The molecule has 0 amide bonds. The van der Waals surface area contributed by atoms with Gasteiger partial charge in [0.25, 0.3) is 5.54 Å². The highest BCUT2D eigenvalue weighted by molar-refractivity contribution is 6.01. The van der Waals surface area contributed by atoms with Crippen molar-refractivity contribution in [3.63, 3.8) is 0 Å². The van der Waals surface area contributed by atoms with E-state index in [1.54, 1.807) is 37.3 Å². The monoisotopic (exact) mass is 374 g/mol. The average Bonchev–Trinajstić information content (AvgIpc) is 2.65. The Morgan fingerprint density at radius 3 is 2.41 bits per heavy atom. The molecule has 4 atom stereocenters. The first-order valence-corrected chi connectivity index (χ1v) is 8.72. The number of benzene rings is 1. The number of likely N-dealkylation sites (tertiary alicyclic amines) is 1. The van der Waals surface area contributed by atoms with Gasteiger partial charge in [-0.3, -0.25) is 29.8 Å². The number of fused-ring (bicyclic) bond motifs is 2. The number of nitrogens with zero attached hydrogens (tertiary/aromatic N) is 2. The van der Waals surface area contributed by atoms with Crippen LogP contribution >= 0.6 is 0 Å². The molecule has 9 heteroatoms. The summed E-state index contributed by atoms with van der Waals surface area (Å²) < 4.78 is 0. The summed E-state index contributed by atoms with van der Waals surface area (Å²) in [6.45, 7) is 2.01. The maximum absolute atomic E-state index is 12.7. The van der Waals surface area contributed by atoms with E-state index in [1.807, 2.05) is 0 Å². The molecule has 27 heavy (non-hydrogen) atoms. The molecule has 2 bridgehead atoms. The molecular weight excluding hydrogens is 354 g/mol. The predicted molar refractivity (Wildman–Crippen MR) is 93.7 cm³/mol. The SMILES string of the molecule is CC[NH+]1C[C@@]2([N+](=O)[O-])C=CC(=O)[C@@]([N+](=O)[O-])(C1)[C@@H]2CC(=O)c1ccccc1. The second kappa shape index (κ2) is 6.66. The van der Waals surface area contributed by atoms with Crippen LogP contribution in [-0.4, -0.2) is 52.1 Å². The smallest absolute Gasteiger partial charge is 0.322 e. The summed E-state index contributed by atoms with van der Waals surface area (Å²) in [4.78, 5) is 48.8. The van der Waals surface area contributed by atoms with Gasteiger partial charge < -0.3 is 4.90 Å². The minimum Gasteiger partial charge on any atom is -0.322 e. The molecule has 3 rings (SSSR count). The topological polar surface area (TPSA) is 125 Å². The number of ketones is 2. The van der Waals surface area contributed by atoms with Crippen molar-refractivity contribution in [2.45, 2.75) is 24.4 Å². The van der Waals surface area contributed by atoms with Crippen LogP contribution in [0.25, 0.3) is 0 Å². The molecule has 1 aromatic rings. The van der Waals surface area contributed by atoms with Crippen molar-refractivity contribution < 1.29 is 24.3 Å². The van der Waals surface area contributed by atoms with E-state index in [4.69, 9.17) is 0 Å². The molecule has 9 nitrogen and oxygen atoms in total. The third-order valence-corrected chi connectivity index (χ3v) is 5.83. The number of Topliss-reactive ketones (excluding diaryl/α,β-unsaturated/α-hetero) is 1. The lowest BCUT2D eigenvalue weighted by Crippen LogP contribution is -3.19. The Hall–Kier alpha value is -2.94. The number of nitrogens with one attached hydrogen (secondary N) is 1. The number of piperidine rings is 1. The number of rotatable bonds is 6. The standard InChI is InChI=1S/C18H19N3O6/c1-2-19-11-17(20(24)25)9-8-16(23)18(12-19,21(26)27)15(17)10-14(22)13-6-4-3-5-7-13/h3-9,15H,2,10-12H2,1H3/p+1/t15-,17+,18-/m1/s1. The lowest BCUT2D eigenvalue weighted by atomic mass is 9.60. The summed E-state index contributed by atoms with van der Waals surface area (Å²) >= 11 is 0. The third-order valence-electron chi connectivity index (χ3n) is 5.83. The van der Waals surface area contributed by atoms with E-state index in [2.05, 4.69) is 0 Å². The number of quaternary nitrogens is 1. The molecule has 1 heterocycles. The summed E-state index contributed by atoms with van der Waals surface area (Å²) in [7, 11) is 0. The normalized spacial score (nSPS) is 32.1. The Labute approximate surface area is 154 Å². The van der Waals surface area contributed by atoms with Crippen LogP contribution in [-0.2, 0) is 4.79 Å². The maximum atomic E-state index is 12.7. The van der Waals surface area contributed by atoms with Crippen LogP contribution in [0.5, 0.6) is 0 Å². The second-order valence-corrected chi connectivity index (χ2v) is 7.13. The Balaban J connectivity index is 2.14. The molecule has 142 valence electrons. The highest BCUT2D eigenvalue weighted by Gasteiger charge is 2.76. The molecule has 0 saturated carbocycles. The fraction of sp³-hybridized carbons (Fsp3) is 0.444. The van der Waals surface area contributed by atoms with Crippen molar-refractivity contribution in [2.75, 3.05) is 19.6 Å². The zero-order valence-corrected chi connectivity index (χ0v) is 14.8. The Morgan fingerprint density at radius 2 is 1.85 bits per heavy atom. The van der Waals surface area contributed by atoms with Crippen LogP contribution in [0.4, 0.5) is 0 Å². The summed E-state index contributed by atoms with van der Waals surface area (Å²) in [5.41, 5.74) is -3.68. The van der Waals surface area contributed by atoms with Crippen LogP contribution in [0.1, 0.15) is 23.7 Å². The number of hydrogen-bond donors (Lipinski definition) is 1. The third kappa shape index (κ3) is 2.74. The Morgan fingerprint density at radius 1 is 1.19 bits per heavy atom. The molecule has 0 aromatic heterocycles. The molecule has 0 radical (unpaired) electrons. The number of carbonyl (C=O) groups is 2. The second-order valence-electron chi connectivity index (χ2n) is 7.13. The van der Waals surface area contributed by atoms with E-state index >= 15 is 0 Å². The predicted octanol–water partition coefficient (Wildman–Crippen LogP) is -0.0361. The first-order chi connectivity index (χ1) is 12.8. The fourth-order valence-corrected chi connectivity index (χ4v) is 4.36. The molecule has 1 saturated heterocycles. The fourth-order valence-electron chi connectivity index (χ4n) is 4.36. The Kier molecular flexibility index (Phi) is 4.64. The zero-order chi connectivity index (χ0) is 19.8. The van der Waals surface area contributed by atoms with Gasteiger partial charge in [-0.1, -0.05) is 30.3 Å². The van der Waals surface area contributed by atoms with E-state index in [1.165, 1.54) is 0 Å². The molecule has 2 aliphatic rings. The molecular formula is C18H20N3O6+. The van der Waals surface area contributed by atoms with Crippen molar-refractivity contribution in [3.8, 4) is 0 Å². The van der Waals surface area contributed by atoms with Crippen LogP contribution in [0.2, 0.25) is 0 Å². The number of hydrogen-bond acceptors (Lipinski definition) is 6. The van der Waals surface area contributed by atoms with Crippen molar-refractivity contribution >= 4 is 11.6 Å². The minimum atomic E-state index is -2.17. The average molecular weight is 374 g/mol. The van der Waals surface area contributed by atoms with E-state index < -0.39 is 44.8 Å². The van der Waals surface area contributed by atoms with Gasteiger partial charge in [-0.2, -0.15) is 0 Å². The molecule has 0 spiro atoms. The summed E-state index contributed by atoms with van der Waals surface area (Å²) in [6, 6.07) is 8.13. The summed E-state index contributed by atoms with van der Waals surface area (Å²) in [5.74, 6) is -2.56. The lowest BCUT2D eigenvalue weighted by molar-refractivity contribution is -0.942. The summed E-state index contributed by atoms with van der Waals surface area (Å²) in [5, 5.41) is 24.1. The van der Waals surface area contributed by atoms with Crippen LogP contribution in [0, 0.1) is 26.1 Å². The molecule has 1 aliphatic carbocycles. The highest BCUT2D eigenvalue weighted by Crippen LogP contribution is 2.42. The first-order valence-electron chi connectivity index (χ1n) is 8.72. The van der Waals surface area contributed by atoms with Gasteiger partial charge in [-0.25, -0.2) is 0 Å². The largest absolute Gasteiger partial charge is 0.340 e. The van der Waals surface area contributed by atoms with Crippen LogP contribution < -0.4 is 4.90 Å². The summed E-state index contributed by atoms with van der Waals surface area (Å²) in [6.07, 6.45) is 1.69. The molecule has 1 unspecified atom stereocenters. The van der Waals surface area contributed by atoms with Crippen molar-refractivity contribution in [1.29, 1.82) is 0 Å². The molecule has 1 N–H and O–H groups in total. The number of nitro groups is 2. The van der Waals surface area contributed by atoms with Gasteiger partial charge in [-0.15, -0.1) is 0 Å². The Bertz CT molecular complexity index is 839. The number of carbonyl (C=O) groups excluding carboxylic acids is 2. The van der Waals surface area contributed by atoms with Gasteiger partial charge in [0, 0.05) is 27.9 Å². The van der Waals surface area contributed by atoms with Crippen molar-refractivity contribution in [1.82, 2.24) is 0 Å². The van der Waals surface area contributed by atoms with E-state index in [0.29, 0.717) is 17.0 Å². The van der Waals surface area contributed by atoms with Gasteiger partial charge in [0.05, 0.1) is 6.54 Å². The lowest BCUT2D eigenvalue weighted by Gasteiger charge is -2.45. The van der Waals surface area contributed by atoms with Crippen LogP contribution in [0.3, 0.4) is 0 Å². The molecule has 1 aliphatic heterocycles. The molecule has 1 aromatic carbocycles. The van der Waals surface area contributed by atoms with Gasteiger partial charge in [0.1, 0.15) is 5.92 Å². The van der Waals surface area contributed by atoms with Gasteiger partial charge in [0.2, 0.25) is 5.78 Å². The van der Waals surface area contributed by atoms with Crippen LogP contribution in [0.15, 0.2) is 42.5 Å². The van der Waals surface area contributed by atoms with Gasteiger partial charge in [0.15, 0.2) is 18.9 Å². The minimum absolute atomic E-state index is 0.00259. The van der Waals surface area contributed by atoms with Crippen molar-refractivity contribution in [3.05, 3.63) is 68.3 Å². The van der Waals surface area contributed by atoms with E-state index in [9.17, 15) is 29.8 Å². The number of likely N-dealkylation sites (N-methyl/N-ethyl adjacent to an activating group) is 1. The quantitative estimate of drug-likeness (QED) is 0.423. The molecule has 1 fully saturated rings. The van der Waals surface area contributed by atoms with Crippen molar-refractivity contribution in [2.24, 2.45) is 5.92 Å². The first kappa shape index (κ1) is 18.8. The van der Waals surface area contributed by atoms with Gasteiger partial charge in [-0.05, 0) is 13.0 Å².